The predicted octanol–water partition coefficient (Wildman–Crippen LogP) is 7.68. The zero-order valence-electron chi connectivity index (χ0n) is 17.7. The van der Waals surface area contributed by atoms with Crippen molar-refractivity contribution in [3.8, 4) is 22.3 Å². The molecule has 0 spiro atoms. The molecule has 0 amide bonds. The van der Waals surface area contributed by atoms with Gasteiger partial charge < -0.3 is 0 Å². The molecule has 146 valence electrons. The maximum Gasteiger partial charge on any atom is 0.0632 e. The number of rotatable bonds is 7. The molecule has 0 aliphatic heterocycles. The van der Waals surface area contributed by atoms with Crippen LogP contribution in [-0.4, -0.2) is 6.72 Å². The molecule has 0 bridgehead atoms. The Morgan fingerprint density at radius 3 is 2.28 bits per heavy atom. The Morgan fingerprint density at radius 1 is 0.897 bits per heavy atom. The molecule has 0 heterocycles. The number of nitrogens with zero attached hydrogens (tertiary/aromatic N) is 1. The first kappa shape index (κ1) is 20.5. The van der Waals surface area contributed by atoms with Crippen molar-refractivity contribution < 1.29 is 0 Å². The third-order valence-corrected chi connectivity index (χ3v) is 5.56. The van der Waals surface area contributed by atoms with Crippen LogP contribution < -0.4 is 0 Å². The summed E-state index contributed by atoms with van der Waals surface area (Å²) in [4.78, 5) is 4.03. The number of hydrogen-bond donors (Lipinski definition) is 0. The maximum absolute atomic E-state index is 4.03. The van der Waals surface area contributed by atoms with Gasteiger partial charge >= 0.3 is 0 Å². The van der Waals surface area contributed by atoms with Gasteiger partial charge in [-0.3, -0.25) is 4.99 Å². The van der Waals surface area contributed by atoms with E-state index in [1.807, 2.05) is 12.2 Å². The molecule has 0 fully saturated rings. The van der Waals surface area contributed by atoms with Gasteiger partial charge in [0.1, 0.15) is 0 Å². The van der Waals surface area contributed by atoms with Crippen molar-refractivity contribution in [1.29, 1.82) is 0 Å². The molecule has 0 saturated heterocycles. The average molecular weight is 380 g/mol. The molecule has 29 heavy (non-hydrogen) atoms. The molecule has 0 radical (unpaired) electrons. The molecular formula is C28H29N. The van der Waals surface area contributed by atoms with Gasteiger partial charge in [0, 0.05) is 0 Å². The van der Waals surface area contributed by atoms with Crippen molar-refractivity contribution in [3.05, 3.63) is 108 Å². The Hall–Kier alpha value is -3.19. The summed E-state index contributed by atoms with van der Waals surface area (Å²) in [5.74, 6) is 0.347. The van der Waals surface area contributed by atoms with Gasteiger partial charge in [0.15, 0.2) is 0 Å². The van der Waals surface area contributed by atoms with Gasteiger partial charge in [-0.15, -0.1) is 0 Å². The number of allylic oxidation sites excluding steroid dienone is 3. The van der Waals surface area contributed by atoms with Gasteiger partial charge in [0.05, 0.1) is 6.54 Å². The highest BCUT2D eigenvalue weighted by molar-refractivity contribution is 5.80. The van der Waals surface area contributed by atoms with Crippen LogP contribution in [0, 0.1) is 13.8 Å². The minimum atomic E-state index is 0.347. The minimum Gasteiger partial charge on any atom is -0.296 e. The van der Waals surface area contributed by atoms with Crippen molar-refractivity contribution in [3.63, 3.8) is 0 Å². The lowest BCUT2D eigenvalue weighted by Crippen LogP contribution is -1.97. The molecule has 1 heteroatoms. The number of benzene rings is 3. The van der Waals surface area contributed by atoms with E-state index in [2.05, 4.69) is 106 Å². The third-order valence-electron chi connectivity index (χ3n) is 5.56. The van der Waals surface area contributed by atoms with E-state index in [0.29, 0.717) is 12.5 Å². The molecule has 0 aliphatic rings. The number of aliphatic imine (C=N–C) groups is 1. The summed E-state index contributed by atoms with van der Waals surface area (Å²) in [5, 5.41) is 0. The van der Waals surface area contributed by atoms with Crippen LogP contribution in [0.3, 0.4) is 0 Å². The SMILES string of the molecule is C=C/C=C\C(C)c1cccc(-c2cccc(-c3cccc(CN=C)c3)c2C)c1C. The first-order valence-corrected chi connectivity index (χ1v) is 10.1. The number of hydrogen-bond acceptors (Lipinski definition) is 1. The van der Waals surface area contributed by atoms with Crippen LogP contribution in [0.4, 0.5) is 0 Å². The van der Waals surface area contributed by atoms with Crippen LogP contribution in [0.25, 0.3) is 22.3 Å². The molecule has 1 atom stereocenters. The van der Waals surface area contributed by atoms with Gasteiger partial charge in [0.2, 0.25) is 0 Å². The highest BCUT2D eigenvalue weighted by Crippen LogP contribution is 2.36. The molecule has 0 aromatic heterocycles. The van der Waals surface area contributed by atoms with Gasteiger partial charge in [-0.05, 0) is 77.1 Å². The smallest absolute Gasteiger partial charge is 0.0632 e. The van der Waals surface area contributed by atoms with Crippen LogP contribution in [0.1, 0.15) is 35.1 Å². The topological polar surface area (TPSA) is 12.4 Å². The van der Waals surface area contributed by atoms with E-state index in [0.717, 1.165) is 0 Å². The van der Waals surface area contributed by atoms with E-state index in [-0.39, 0.29) is 0 Å². The highest BCUT2D eigenvalue weighted by Gasteiger charge is 2.14. The van der Waals surface area contributed by atoms with E-state index in [9.17, 15) is 0 Å². The van der Waals surface area contributed by atoms with E-state index in [4.69, 9.17) is 0 Å². The molecule has 0 aliphatic carbocycles. The van der Waals surface area contributed by atoms with E-state index >= 15 is 0 Å². The maximum atomic E-state index is 4.03. The monoisotopic (exact) mass is 379 g/mol. The quantitative estimate of drug-likeness (QED) is 0.295. The molecule has 0 saturated carbocycles. The molecule has 1 nitrogen and oxygen atoms in total. The van der Waals surface area contributed by atoms with Crippen LogP contribution in [-0.2, 0) is 6.54 Å². The van der Waals surface area contributed by atoms with Crippen molar-refractivity contribution in [2.75, 3.05) is 0 Å². The fourth-order valence-electron chi connectivity index (χ4n) is 3.99. The van der Waals surface area contributed by atoms with E-state index in [1.54, 1.807) is 0 Å². The lowest BCUT2D eigenvalue weighted by atomic mass is 9.86. The second-order valence-electron chi connectivity index (χ2n) is 7.49. The fourth-order valence-corrected chi connectivity index (χ4v) is 3.99. The summed E-state index contributed by atoms with van der Waals surface area (Å²) in [5.41, 5.74) is 10.2. The average Bonchev–Trinajstić information content (AvgIpc) is 2.73. The second kappa shape index (κ2) is 9.34. The fraction of sp³-hybridized carbons (Fsp3) is 0.179. The summed E-state index contributed by atoms with van der Waals surface area (Å²) < 4.78 is 0. The predicted molar refractivity (Wildman–Crippen MR) is 128 cm³/mol. The normalized spacial score (nSPS) is 12.1. The lowest BCUT2D eigenvalue weighted by Gasteiger charge is -2.18. The van der Waals surface area contributed by atoms with Crippen LogP contribution in [0.2, 0.25) is 0 Å². The first-order chi connectivity index (χ1) is 14.1. The summed E-state index contributed by atoms with van der Waals surface area (Å²) in [7, 11) is 0. The first-order valence-electron chi connectivity index (χ1n) is 10.1. The Bertz CT molecular complexity index is 1060. The summed E-state index contributed by atoms with van der Waals surface area (Å²) in [6.07, 6.45) is 6.05. The highest BCUT2D eigenvalue weighted by atomic mass is 14.7. The summed E-state index contributed by atoms with van der Waals surface area (Å²) in [6.45, 7) is 14.7. The van der Waals surface area contributed by atoms with Gasteiger partial charge in [0.25, 0.3) is 0 Å². The van der Waals surface area contributed by atoms with Gasteiger partial charge in [-0.2, -0.15) is 0 Å². The van der Waals surface area contributed by atoms with Crippen molar-refractivity contribution >= 4 is 6.72 Å². The molecule has 3 aromatic carbocycles. The Labute approximate surface area is 175 Å². The van der Waals surface area contributed by atoms with Crippen molar-refractivity contribution in [1.82, 2.24) is 0 Å². The van der Waals surface area contributed by atoms with Crippen LogP contribution in [0.5, 0.6) is 0 Å². The third kappa shape index (κ3) is 4.46. The van der Waals surface area contributed by atoms with Crippen molar-refractivity contribution in [2.45, 2.75) is 33.2 Å². The van der Waals surface area contributed by atoms with E-state index < -0.39 is 0 Å². The molecule has 3 aromatic rings. The summed E-state index contributed by atoms with van der Waals surface area (Å²) >= 11 is 0. The summed E-state index contributed by atoms with van der Waals surface area (Å²) in [6, 6.07) is 21.8. The van der Waals surface area contributed by atoms with E-state index in [1.165, 1.54) is 44.5 Å². The molecule has 1 unspecified atom stereocenters. The molecular weight excluding hydrogens is 350 g/mol. The van der Waals surface area contributed by atoms with Gasteiger partial charge in [-0.1, -0.05) is 86.3 Å². The Morgan fingerprint density at radius 2 is 1.55 bits per heavy atom. The zero-order chi connectivity index (χ0) is 20.8. The standard InChI is InChI=1S/C28H29N/c1-6-7-11-20(2)25-14-9-16-27(21(25)3)28-17-10-15-26(22(28)4)24-13-8-12-23(18-24)19-29-5/h6-18,20H,1,5,19H2,2-4H3/b11-7-. The molecule has 0 N–H and O–H groups in total. The van der Waals surface area contributed by atoms with Crippen LogP contribution in [0.15, 0.2) is 90.5 Å². The largest absolute Gasteiger partial charge is 0.296 e. The van der Waals surface area contributed by atoms with Crippen LogP contribution >= 0.6 is 0 Å². The lowest BCUT2D eigenvalue weighted by molar-refractivity contribution is 0.953. The Balaban J connectivity index is 2.09. The Kier molecular flexibility index (Phi) is 6.61. The minimum absolute atomic E-state index is 0.347. The zero-order valence-corrected chi connectivity index (χ0v) is 17.7. The second-order valence-corrected chi connectivity index (χ2v) is 7.49. The van der Waals surface area contributed by atoms with Crippen molar-refractivity contribution in [2.24, 2.45) is 4.99 Å². The molecule has 3 rings (SSSR count). The van der Waals surface area contributed by atoms with Gasteiger partial charge in [-0.25, -0.2) is 0 Å².